The SMILES string of the molecule is Clc1ccc(N2CCN(Cc3cnc(-c4ccccc4)[nH]3)CC2)cc1. The van der Waals surface area contributed by atoms with E-state index in [-0.39, 0.29) is 0 Å². The number of aromatic nitrogens is 2. The van der Waals surface area contributed by atoms with Gasteiger partial charge in [-0.1, -0.05) is 41.9 Å². The number of imidazole rings is 1. The average molecular weight is 353 g/mol. The number of piperazine rings is 1. The minimum absolute atomic E-state index is 0.788. The van der Waals surface area contributed by atoms with Gasteiger partial charge in [0, 0.05) is 60.9 Å². The van der Waals surface area contributed by atoms with Crippen LogP contribution >= 0.6 is 11.6 Å². The van der Waals surface area contributed by atoms with Gasteiger partial charge in [-0.15, -0.1) is 0 Å². The first-order valence-corrected chi connectivity index (χ1v) is 8.98. The summed E-state index contributed by atoms with van der Waals surface area (Å²) in [7, 11) is 0. The molecule has 0 unspecified atom stereocenters. The number of hydrogen-bond donors (Lipinski definition) is 1. The van der Waals surface area contributed by atoms with E-state index in [0.29, 0.717) is 0 Å². The quantitative estimate of drug-likeness (QED) is 0.769. The maximum absolute atomic E-state index is 5.97. The van der Waals surface area contributed by atoms with Crippen LogP contribution in [-0.2, 0) is 6.54 Å². The largest absolute Gasteiger partial charge is 0.369 e. The lowest BCUT2D eigenvalue weighted by atomic mass is 10.2. The summed E-state index contributed by atoms with van der Waals surface area (Å²) in [5, 5.41) is 0.788. The molecule has 2 aromatic carbocycles. The van der Waals surface area contributed by atoms with Gasteiger partial charge in [0.15, 0.2) is 0 Å². The molecule has 0 saturated carbocycles. The number of halogens is 1. The fourth-order valence-corrected chi connectivity index (χ4v) is 3.37. The summed E-state index contributed by atoms with van der Waals surface area (Å²) in [6, 6.07) is 18.4. The molecule has 128 valence electrons. The third-order valence-electron chi connectivity index (χ3n) is 4.63. The molecule has 1 saturated heterocycles. The molecule has 1 N–H and O–H groups in total. The zero-order chi connectivity index (χ0) is 17.1. The van der Waals surface area contributed by atoms with E-state index in [4.69, 9.17) is 11.6 Å². The zero-order valence-electron chi connectivity index (χ0n) is 14.0. The van der Waals surface area contributed by atoms with Gasteiger partial charge in [0.05, 0.1) is 0 Å². The van der Waals surface area contributed by atoms with E-state index in [2.05, 4.69) is 44.0 Å². The van der Waals surface area contributed by atoms with Crippen LogP contribution < -0.4 is 4.90 Å². The predicted octanol–water partition coefficient (Wildman–Crippen LogP) is 4.05. The Kier molecular flexibility index (Phi) is 4.72. The third kappa shape index (κ3) is 3.86. The van der Waals surface area contributed by atoms with E-state index < -0.39 is 0 Å². The van der Waals surface area contributed by atoms with Gasteiger partial charge in [-0.2, -0.15) is 0 Å². The molecule has 1 fully saturated rings. The highest BCUT2D eigenvalue weighted by Crippen LogP contribution is 2.20. The minimum atomic E-state index is 0.788. The van der Waals surface area contributed by atoms with Gasteiger partial charge in [-0.25, -0.2) is 4.98 Å². The van der Waals surface area contributed by atoms with Gasteiger partial charge in [0.25, 0.3) is 0 Å². The van der Waals surface area contributed by atoms with Crippen LogP contribution in [0.25, 0.3) is 11.4 Å². The molecule has 5 heteroatoms. The molecule has 0 spiro atoms. The van der Waals surface area contributed by atoms with E-state index >= 15 is 0 Å². The van der Waals surface area contributed by atoms with Gasteiger partial charge in [-0.3, -0.25) is 4.90 Å². The summed E-state index contributed by atoms with van der Waals surface area (Å²) < 4.78 is 0. The van der Waals surface area contributed by atoms with Gasteiger partial charge < -0.3 is 9.88 Å². The Morgan fingerprint density at radius 1 is 0.920 bits per heavy atom. The second kappa shape index (κ2) is 7.30. The normalized spacial score (nSPS) is 15.5. The van der Waals surface area contributed by atoms with E-state index in [1.165, 1.54) is 11.4 Å². The number of nitrogens with zero attached hydrogens (tertiary/aromatic N) is 3. The van der Waals surface area contributed by atoms with E-state index in [1.807, 2.05) is 36.5 Å². The second-order valence-corrected chi connectivity index (χ2v) is 6.80. The van der Waals surface area contributed by atoms with Gasteiger partial charge in [0.1, 0.15) is 5.82 Å². The summed E-state index contributed by atoms with van der Waals surface area (Å²) in [6.45, 7) is 5.06. The fourth-order valence-electron chi connectivity index (χ4n) is 3.24. The molecule has 4 rings (SSSR count). The monoisotopic (exact) mass is 352 g/mol. The molecule has 3 aromatic rings. The van der Waals surface area contributed by atoms with Crippen LogP contribution in [0.4, 0.5) is 5.69 Å². The Morgan fingerprint density at radius 2 is 1.64 bits per heavy atom. The topological polar surface area (TPSA) is 35.2 Å². The number of aromatic amines is 1. The fraction of sp³-hybridized carbons (Fsp3) is 0.250. The molecular weight excluding hydrogens is 332 g/mol. The molecule has 4 nitrogen and oxygen atoms in total. The van der Waals surface area contributed by atoms with Crippen molar-refractivity contribution < 1.29 is 0 Å². The lowest BCUT2D eigenvalue weighted by Gasteiger charge is -2.35. The van der Waals surface area contributed by atoms with E-state index in [9.17, 15) is 0 Å². The highest BCUT2D eigenvalue weighted by Gasteiger charge is 2.18. The number of H-pyrrole nitrogens is 1. The van der Waals surface area contributed by atoms with Crippen LogP contribution in [0.2, 0.25) is 5.02 Å². The highest BCUT2D eigenvalue weighted by atomic mass is 35.5. The molecule has 0 aliphatic carbocycles. The second-order valence-electron chi connectivity index (χ2n) is 6.36. The van der Waals surface area contributed by atoms with Crippen LogP contribution in [0.1, 0.15) is 5.69 Å². The van der Waals surface area contributed by atoms with Crippen molar-refractivity contribution in [1.29, 1.82) is 0 Å². The van der Waals surface area contributed by atoms with Crippen molar-refractivity contribution in [3.05, 3.63) is 71.5 Å². The van der Waals surface area contributed by atoms with Gasteiger partial charge in [0.2, 0.25) is 0 Å². The molecule has 1 aromatic heterocycles. The molecule has 1 aliphatic heterocycles. The summed E-state index contributed by atoms with van der Waals surface area (Å²) in [5.74, 6) is 0.940. The highest BCUT2D eigenvalue weighted by molar-refractivity contribution is 6.30. The molecular formula is C20H21ClN4. The first-order valence-electron chi connectivity index (χ1n) is 8.60. The summed E-state index contributed by atoms with van der Waals surface area (Å²) in [6.07, 6.45) is 1.95. The molecule has 1 aliphatic rings. The Balaban J connectivity index is 1.34. The minimum Gasteiger partial charge on any atom is -0.369 e. The predicted molar refractivity (Wildman–Crippen MR) is 103 cm³/mol. The van der Waals surface area contributed by atoms with Crippen LogP contribution in [0, 0.1) is 0 Å². The smallest absolute Gasteiger partial charge is 0.137 e. The maximum atomic E-state index is 5.97. The van der Waals surface area contributed by atoms with E-state index in [1.54, 1.807) is 0 Å². The zero-order valence-corrected chi connectivity index (χ0v) is 14.8. The summed E-state index contributed by atoms with van der Waals surface area (Å²) in [5.41, 5.74) is 3.54. The summed E-state index contributed by atoms with van der Waals surface area (Å²) in [4.78, 5) is 12.8. The third-order valence-corrected chi connectivity index (χ3v) is 4.89. The first-order chi connectivity index (χ1) is 12.3. The molecule has 2 heterocycles. The van der Waals surface area contributed by atoms with Crippen molar-refractivity contribution in [2.45, 2.75) is 6.54 Å². The number of nitrogens with one attached hydrogen (secondary N) is 1. The Hall–Kier alpha value is -2.30. The molecule has 0 atom stereocenters. The molecule has 0 radical (unpaired) electrons. The lowest BCUT2D eigenvalue weighted by molar-refractivity contribution is 0.247. The Morgan fingerprint density at radius 3 is 2.36 bits per heavy atom. The van der Waals surface area contributed by atoms with Crippen LogP contribution in [0.15, 0.2) is 60.8 Å². The van der Waals surface area contributed by atoms with Crippen molar-refractivity contribution in [2.75, 3.05) is 31.1 Å². The maximum Gasteiger partial charge on any atom is 0.137 e. The van der Waals surface area contributed by atoms with Crippen LogP contribution in [-0.4, -0.2) is 41.0 Å². The number of hydrogen-bond acceptors (Lipinski definition) is 3. The van der Waals surface area contributed by atoms with Gasteiger partial charge in [-0.05, 0) is 24.3 Å². The van der Waals surface area contributed by atoms with Crippen LogP contribution in [0.5, 0.6) is 0 Å². The standard InChI is InChI=1S/C20H21ClN4/c21-17-6-8-19(9-7-17)25-12-10-24(11-13-25)15-18-14-22-20(23-18)16-4-2-1-3-5-16/h1-9,14H,10-13,15H2,(H,22,23). The Bertz CT molecular complexity index is 805. The number of rotatable bonds is 4. The average Bonchev–Trinajstić information content (AvgIpc) is 3.12. The number of benzene rings is 2. The van der Waals surface area contributed by atoms with Crippen molar-refractivity contribution in [3.8, 4) is 11.4 Å². The summed E-state index contributed by atoms with van der Waals surface area (Å²) >= 11 is 5.97. The molecule has 0 bridgehead atoms. The first kappa shape index (κ1) is 16.2. The van der Waals surface area contributed by atoms with Gasteiger partial charge >= 0.3 is 0 Å². The van der Waals surface area contributed by atoms with Crippen molar-refractivity contribution in [3.63, 3.8) is 0 Å². The van der Waals surface area contributed by atoms with E-state index in [0.717, 1.165) is 49.1 Å². The number of anilines is 1. The van der Waals surface area contributed by atoms with Crippen molar-refractivity contribution in [2.24, 2.45) is 0 Å². The lowest BCUT2D eigenvalue weighted by Crippen LogP contribution is -2.46. The molecule has 25 heavy (non-hydrogen) atoms. The van der Waals surface area contributed by atoms with Crippen molar-refractivity contribution >= 4 is 17.3 Å². The Labute approximate surface area is 153 Å². The van der Waals surface area contributed by atoms with Crippen LogP contribution in [0.3, 0.4) is 0 Å². The molecule has 0 amide bonds. The van der Waals surface area contributed by atoms with Crippen molar-refractivity contribution in [1.82, 2.24) is 14.9 Å².